The molecule has 0 radical (unpaired) electrons. The van der Waals surface area contributed by atoms with E-state index < -0.39 is 45.4 Å². The highest BCUT2D eigenvalue weighted by Crippen LogP contribution is 2.29. The van der Waals surface area contributed by atoms with Crippen LogP contribution < -0.4 is 4.74 Å². The van der Waals surface area contributed by atoms with Gasteiger partial charge in [-0.1, -0.05) is 6.07 Å². The highest BCUT2D eigenvalue weighted by molar-refractivity contribution is 7.88. The fraction of sp³-hybridized carbons (Fsp3) is 0.312. The predicted octanol–water partition coefficient (Wildman–Crippen LogP) is 2.97. The van der Waals surface area contributed by atoms with Crippen LogP contribution in [-0.4, -0.2) is 36.9 Å². The highest BCUT2D eigenvalue weighted by atomic mass is 32.2. The number of sulfonamides is 1. The molecule has 0 saturated carbocycles. The van der Waals surface area contributed by atoms with E-state index in [9.17, 15) is 30.4 Å². The summed E-state index contributed by atoms with van der Waals surface area (Å²) in [6.45, 7) is -0.256. The molecule has 0 aliphatic carbocycles. The first kappa shape index (κ1) is 19.5. The number of aromatic nitrogens is 1. The minimum absolute atomic E-state index is 0.128. The lowest BCUT2D eigenvalue weighted by Gasteiger charge is -2.37. The van der Waals surface area contributed by atoms with E-state index in [4.69, 9.17) is 4.74 Å². The number of hydrogen-bond acceptors (Lipinski definition) is 4. The lowest BCUT2D eigenvalue weighted by molar-refractivity contribution is -0.141. The SMILES string of the molecule is O=S(=O)(Cc1cc(F)ccc1F)N1CC(Oc2cccc(C(F)(F)F)n2)C1. The first-order valence-corrected chi connectivity index (χ1v) is 9.28. The standard InChI is InChI=1S/C16H13F5N2O3S/c17-11-4-5-13(18)10(6-11)9-27(24,25)23-7-12(8-23)26-15-3-1-2-14(22-15)16(19,20)21/h1-6,12H,7-9H2. The maximum Gasteiger partial charge on any atom is 0.433 e. The molecule has 146 valence electrons. The van der Waals surface area contributed by atoms with Gasteiger partial charge in [0.15, 0.2) is 0 Å². The fourth-order valence-electron chi connectivity index (χ4n) is 2.45. The molecule has 0 N–H and O–H groups in total. The van der Waals surface area contributed by atoms with Gasteiger partial charge in [0.25, 0.3) is 0 Å². The zero-order valence-electron chi connectivity index (χ0n) is 13.6. The molecule has 1 fully saturated rings. The van der Waals surface area contributed by atoms with Gasteiger partial charge in [0, 0.05) is 11.6 Å². The number of halogens is 5. The lowest BCUT2D eigenvalue weighted by Crippen LogP contribution is -2.56. The van der Waals surface area contributed by atoms with Crippen molar-refractivity contribution in [3.8, 4) is 5.88 Å². The fourth-order valence-corrected chi connectivity index (χ4v) is 4.04. The van der Waals surface area contributed by atoms with Crippen LogP contribution >= 0.6 is 0 Å². The maximum absolute atomic E-state index is 13.6. The van der Waals surface area contributed by atoms with Gasteiger partial charge in [-0.3, -0.25) is 0 Å². The highest BCUT2D eigenvalue weighted by Gasteiger charge is 2.38. The van der Waals surface area contributed by atoms with Crippen LogP contribution in [0.5, 0.6) is 5.88 Å². The average molecular weight is 408 g/mol. The Morgan fingerprint density at radius 3 is 2.52 bits per heavy atom. The molecule has 0 spiro atoms. The van der Waals surface area contributed by atoms with E-state index in [1.54, 1.807) is 0 Å². The van der Waals surface area contributed by atoms with Crippen molar-refractivity contribution in [1.29, 1.82) is 0 Å². The zero-order chi connectivity index (χ0) is 19.8. The molecule has 0 atom stereocenters. The van der Waals surface area contributed by atoms with Gasteiger partial charge in [-0.2, -0.15) is 17.5 Å². The number of nitrogens with zero attached hydrogens (tertiary/aromatic N) is 2. The van der Waals surface area contributed by atoms with Gasteiger partial charge >= 0.3 is 6.18 Å². The Kier molecular flexibility index (Phi) is 5.08. The number of hydrogen-bond donors (Lipinski definition) is 0. The molecule has 3 rings (SSSR count). The van der Waals surface area contributed by atoms with E-state index >= 15 is 0 Å². The Bertz CT molecular complexity index is 943. The molecular weight excluding hydrogens is 395 g/mol. The third kappa shape index (κ3) is 4.53. The van der Waals surface area contributed by atoms with Crippen molar-refractivity contribution in [2.75, 3.05) is 13.1 Å². The van der Waals surface area contributed by atoms with E-state index in [0.29, 0.717) is 0 Å². The normalized spacial score (nSPS) is 16.2. The van der Waals surface area contributed by atoms with E-state index in [0.717, 1.165) is 34.6 Å². The second kappa shape index (κ2) is 7.04. The average Bonchev–Trinajstić information content (AvgIpc) is 2.53. The molecule has 1 aromatic heterocycles. The molecule has 0 unspecified atom stereocenters. The van der Waals surface area contributed by atoms with E-state index in [1.165, 1.54) is 6.07 Å². The summed E-state index contributed by atoms with van der Waals surface area (Å²) in [7, 11) is -3.93. The summed E-state index contributed by atoms with van der Waals surface area (Å²) in [6.07, 6.45) is -5.31. The quantitative estimate of drug-likeness (QED) is 0.714. The van der Waals surface area contributed by atoms with Crippen LogP contribution in [0.1, 0.15) is 11.3 Å². The zero-order valence-corrected chi connectivity index (χ0v) is 14.4. The second-order valence-corrected chi connectivity index (χ2v) is 7.88. The molecule has 27 heavy (non-hydrogen) atoms. The third-order valence-corrected chi connectivity index (χ3v) is 5.62. The molecule has 1 saturated heterocycles. The van der Waals surface area contributed by atoms with Crippen molar-refractivity contribution in [1.82, 2.24) is 9.29 Å². The van der Waals surface area contributed by atoms with Crippen molar-refractivity contribution >= 4 is 10.0 Å². The van der Waals surface area contributed by atoms with Crippen molar-refractivity contribution in [3.63, 3.8) is 0 Å². The minimum Gasteiger partial charge on any atom is -0.472 e. The first-order chi connectivity index (χ1) is 12.5. The van der Waals surface area contributed by atoms with Crippen LogP contribution in [0.2, 0.25) is 0 Å². The van der Waals surface area contributed by atoms with Crippen LogP contribution in [0.15, 0.2) is 36.4 Å². The Morgan fingerprint density at radius 1 is 1.15 bits per heavy atom. The molecule has 1 aliphatic heterocycles. The molecule has 1 aliphatic rings. The summed E-state index contributed by atoms with van der Waals surface area (Å²) in [5, 5.41) is 0. The summed E-state index contributed by atoms with van der Waals surface area (Å²) in [5.74, 6) is -2.61. The van der Waals surface area contributed by atoms with Gasteiger partial charge in [0.05, 0.1) is 18.8 Å². The number of benzene rings is 1. The Balaban J connectivity index is 1.61. The molecule has 0 amide bonds. The van der Waals surface area contributed by atoms with Gasteiger partial charge in [0.2, 0.25) is 15.9 Å². The molecule has 1 aromatic carbocycles. The molecular formula is C16H13F5N2O3S. The summed E-state index contributed by atoms with van der Waals surface area (Å²) in [5.41, 5.74) is -1.43. The number of pyridine rings is 1. The molecule has 0 bridgehead atoms. The van der Waals surface area contributed by atoms with E-state index in [1.807, 2.05) is 0 Å². The summed E-state index contributed by atoms with van der Waals surface area (Å²) >= 11 is 0. The van der Waals surface area contributed by atoms with Gasteiger partial charge in [-0.25, -0.2) is 22.2 Å². The molecule has 11 heteroatoms. The maximum atomic E-state index is 13.6. The Hall–Kier alpha value is -2.27. The predicted molar refractivity (Wildman–Crippen MR) is 84.2 cm³/mol. The van der Waals surface area contributed by atoms with Crippen LogP contribution in [0.4, 0.5) is 22.0 Å². The van der Waals surface area contributed by atoms with Gasteiger partial charge in [0.1, 0.15) is 23.4 Å². The van der Waals surface area contributed by atoms with Crippen molar-refractivity contribution < 1.29 is 35.1 Å². The van der Waals surface area contributed by atoms with Crippen LogP contribution in [0, 0.1) is 11.6 Å². The molecule has 5 nitrogen and oxygen atoms in total. The van der Waals surface area contributed by atoms with Gasteiger partial charge in [-0.15, -0.1) is 0 Å². The monoisotopic (exact) mass is 408 g/mol. The smallest absolute Gasteiger partial charge is 0.433 e. The van der Waals surface area contributed by atoms with Crippen molar-refractivity contribution in [3.05, 3.63) is 59.3 Å². The number of rotatable bonds is 5. The summed E-state index contributed by atoms with van der Waals surface area (Å²) in [4.78, 5) is 3.34. The lowest BCUT2D eigenvalue weighted by atomic mass is 10.2. The largest absolute Gasteiger partial charge is 0.472 e. The second-order valence-electron chi connectivity index (χ2n) is 5.91. The third-order valence-electron chi connectivity index (χ3n) is 3.85. The van der Waals surface area contributed by atoms with E-state index in [-0.39, 0.29) is 24.5 Å². The summed E-state index contributed by atoms with van der Waals surface area (Å²) in [6, 6.07) is 5.66. The van der Waals surface area contributed by atoms with Crippen molar-refractivity contribution in [2.45, 2.75) is 18.0 Å². The number of ether oxygens (including phenoxy) is 1. The van der Waals surface area contributed by atoms with Crippen LogP contribution in [-0.2, 0) is 22.0 Å². The van der Waals surface area contributed by atoms with Crippen LogP contribution in [0.25, 0.3) is 0 Å². The van der Waals surface area contributed by atoms with Gasteiger partial charge in [-0.05, 0) is 24.3 Å². The number of alkyl halides is 3. The summed E-state index contributed by atoms with van der Waals surface area (Å²) < 4.78 is 95.4. The topological polar surface area (TPSA) is 59.5 Å². The molecule has 2 heterocycles. The molecule has 2 aromatic rings. The van der Waals surface area contributed by atoms with Gasteiger partial charge < -0.3 is 4.74 Å². The van der Waals surface area contributed by atoms with E-state index in [2.05, 4.69) is 4.98 Å². The Labute approximate surface area is 151 Å². The minimum atomic E-state index is -4.62. The van der Waals surface area contributed by atoms with Crippen molar-refractivity contribution in [2.24, 2.45) is 0 Å². The Morgan fingerprint density at radius 2 is 1.85 bits per heavy atom. The van der Waals surface area contributed by atoms with Crippen LogP contribution in [0.3, 0.4) is 0 Å². The first-order valence-electron chi connectivity index (χ1n) is 7.67.